The van der Waals surface area contributed by atoms with E-state index in [2.05, 4.69) is 20.8 Å². The van der Waals surface area contributed by atoms with E-state index in [4.69, 9.17) is 15.3 Å². The minimum atomic E-state index is -0.649. The first-order chi connectivity index (χ1) is 14.1. The van der Waals surface area contributed by atoms with E-state index in [-0.39, 0.29) is 17.8 Å². The van der Waals surface area contributed by atoms with Gasteiger partial charge in [0.15, 0.2) is 0 Å². The second-order valence-corrected chi connectivity index (χ2v) is 8.58. The van der Waals surface area contributed by atoms with E-state index in [0.29, 0.717) is 0 Å². The smallest absolute Gasteiger partial charge is 0.306 e. The van der Waals surface area contributed by atoms with Crippen molar-refractivity contribution in [1.82, 2.24) is 0 Å². The molecule has 0 amide bonds. The molecule has 0 bridgehead atoms. The molecule has 0 aliphatic heterocycles. The van der Waals surface area contributed by atoms with Crippen molar-refractivity contribution in [3.8, 4) is 0 Å². The molecule has 6 nitrogen and oxygen atoms in total. The topological polar surface area (TPSA) is 112 Å². The summed E-state index contributed by atoms with van der Waals surface area (Å²) in [4.78, 5) is 31.3. The van der Waals surface area contributed by atoms with Gasteiger partial charge in [-0.3, -0.25) is 14.4 Å². The van der Waals surface area contributed by atoms with Gasteiger partial charge in [-0.05, 0) is 78.6 Å². The molecule has 30 heavy (non-hydrogen) atoms. The Balaban J connectivity index is 0.000000225. The van der Waals surface area contributed by atoms with Gasteiger partial charge >= 0.3 is 17.9 Å². The Kier molecular flexibility index (Phi) is 11.2. The predicted molar refractivity (Wildman–Crippen MR) is 116 cm³/mol. The summed E-state index contributed by atoms with van der Waals surface area (Å²) in [7, 11) is 0. The van der Waals surface area contributed by atoms with Gasteiger partial charge in [-0.15, -0.1) is 0 Å². The lowest BCUT2D eigenvalue weighted by Gasteiger charge is -2.15. The standard InChI is InChI=1S/3C8H12O2/c3*1-6-2-4-7(5-3-6)8(9)10/h3*2,7H,3-5H2,1H3,(H,9,10)/t2*7-;/m10./s1. The lowest BCUT2D eigenvalue weighted by atomic mass is 9.90. The average Bonchev–Trinajstić information content (AvgIpc) is 2.70. The van der Waals surface area contributed by atoms with E-state index >= 15 is 0 Å². The third-order valence-corrected chi connectivity index (χ3v) is 5.96. The lowest BCUT2D eigenvalue weighted by Crippen LogP contribution is -2.15. The van der Waals surface area contributed by atoms with Crippen molar-refractivity contribution >= 4 is 17.9 Å². The first-order valence-electron chi connectivity index (χ1n) is 10.8. The van der Waals surface area contributed by atoms with Gasteiger partial charge in [0.1, 0.15) is 0 Å². The van der Waals surface area contributed by atoms with Crippen molar-refractivity contribution in [1.29, 1.82) is 0 Å². The molecule has 3 rings (SSSR count). The molecular weight excluding hydrogens is 384 g/mol. The van der Waals surface area contributed by atoms with Gasteiger partial charge in [0.25, 0.3) is 0 Å². The normalized spacial score (nSPS) is 25.7. The first kappa shape index (κ1) is 25.7. The van der Waals surface area contributed by atoms with Gasteiger partial charge in [-0.1, -0.05) is 34.9 Å². The molecule has 0 aromatic carbocycles. The molecule has 0 aromatic rings. The average molecular weight is 421 g/mol. The quantitative estimate of drug-likeness (QED) is 0.523. The Labute approximate surface area is 179 Å². The molecule has 3 aliphatic carbocycles. The number of hydrogen-bond acceptors (Lipinski definition) is 3. The van der Waals surface area contributed by atoms with E-state index in [1.807, 2.05) is 18.2 Å². The first-order valence-corrected chi connectivity index (χ1v) is 10.8. The fourth-order valence-electron chi connectivity index (χ4n) is 3.57. The van der Waals surface area contributed by atoms with Crippen LogP contribution in [-0.4, -0.2) is 33.2 Å². The second kappa shape index (κ2) is 13.0. The highest BCUT2D eigenvalue weighted by atomic mass is 16.4. The highest BCUT2D eigenvalue weighted by molar-refractivity contribution is 5.71. The summed E-state index contributed by atoms with van der Waals surface area (Å²) < 4.78 is 0. The van der Waals surface area contributed by atoms with Gasteiger partial charge in [-0.25, -0.2) is 0 Å². The van der Waals surface area contributed by atoms with Gasteiger partial charge in [0, 0.05) is 0 Å². The predicted octanol–water partition coefficient (Wildman–Crippen LogP) is 5.45. The number of allylic oxidation sites excluding steroid dienone is 6. The minimum absolute atomic E-state index is 0.122. The maximum atomic E-state index is 10.4. The molecule has 3 atom stereocenters. The van der Waals surface area contributed by atoms with Crippen molar-refractivity contribution in [2.75, 3.05) is 0 Å². The zero-order chi connectivity index (χ0) is 22.7. The molecule has 1 unspecified atom stereocenters. The number of rotatable bonds is 3. The highest BCUT2D eigenvalue weighted by Crippen LogP contribution is 2.24. The van der Waals surface area contributed by atoms with Gasteiger partial charge in [0.05, 0.1) is 17.8 Å². The fraction of sp³-hybridized carbons (Fsp3) is 0.625. The highest BCUT2D eigenvalue weighted by Gasteiger charge is 2.20. The number of aliphatic carboxylic acids is 3. The van der Waals surface area contributed by atoms with Crippen molar-refractivity contribution < 1.29 is 29.7 Å². The molecule has 0 heterocycles. The van der Waals surface area contributed by atoms with E-state index in [1.54, 1.807) is 0 Å². The van der Waals surface area contributed by atoms with E-state index in [1.165, 1.54) is 16.7 Å². The third kappa shape index (κ3) is 9.90. The minimum Gasteiger partial charge on any atom is -0.481 e. The van der Waals surface area contributed by atoms with Crippen LogP contribution in [0.5, 0.6) is 0 Å². The van der Waals surface area contributed by atoms with Gasteiger partial charge in [-0.2, -0.15) is 0 Å². The molecule has 0 fully saturated rings. The van der Waals surface area contributed by atoms with Crippen LogP contribution >= 0.6 is 0 Å². The molecule has 0 aromatic heterocycles. The maximum Gasteiger partial charge on any atom is 0.306 e. The second-order valence-electron chi connectivity index (χ2n) is 8.58. The zero-order valence-electron chi connectivity index (χ0n) is 18.4. The van der Waals surface area contributed by atoms with E-state index in [9.17, 15) is 14.4 Å². The molecule has 6 heteroatoms. The molecule has 0 spiro atoms. The fourth-order valence-corrected chi connectivity index (χ4v) is 3.57. The summed E-state index contributed by atoms with van der Waals surface area (Å²) in [6, 6.07) is 0. The summed E-state index contributed by atoms with van der Waals surface area (Å²) in [5.74, 6) is -2.31. The molecule has 168 valence electrons. The van der Waals surface area contributed by atoms with Crippen LogP contribution in [0.4, 0.5) is 0 Å². The SMILES string of the molecule is CC1=CCC(C(=O)O)CC1.CC1=CC[C@@H](C(=O)O)CC1.CC1=CC[C@H](C(=O)O)CC1. The van der Waals surface area contributed by atoms with Crippen LogP contribution in [0.2, 0.25) is 0 Å². The summed E-state index contributed by atoms with van der Waals surface area (Å²) >= 11 is 0. The molecule has 3 aliphatic rings. The lowest BCUT2D eigenvalue weighted by molar-refractivity contribution is -0.142. The summed E-state index contributed by atoms with van der Waals surface area (Å²) in [5, 5.41) is 25.8. The Hall–Kier alpha value is -2.37. The van der Waals surface area contributed by atoms with Crippen LogP contribution in [0, 0.1) is 17.8 Å². The van der Waals surface area contributed by atoms with E-state index < -0.39 is 17.9 Å². The maximum absolute atomic E-state index is 10.4. The van der Waals surface area contributed by atoms with Gasteiger partial charge in [0.2, 0.25) is 0 Å². The van der Waals surface area contributed by atoms with Crippen molar-refractivity contribution in [2.24, 2.45) is 17.8 Å². The van der Waals surface area contributed by atoms with Crippen molar-refractivity contribution in [3.05, 3.63) is 34.9 Å². The van der Waals surface area contributed by atoms with Crippen molar-refractivity contribution in [3.63, 3.8) is 0 Å². The molecular formula is C24H36O6. The Morgan fingerprint density at radius 1 is 0.600 bits per heavy atom. The monoisotopic (exact) mass is 420 g/mol. The largest absolute Gasteiger partial charge is 0.481 e. The Morgan fingerprint density at radius 3 is 0.967 bits per heavy atom. The Morgan fingerprint density at radius 2 is 0.833 bits per heavy atom. The number of carbonyl (C=O) groups is 3. The van der Waals surface area contributed by atoms with Crippen LogP contribution in [0.15, 0.2) is 34.9 Å². The third-order valence-electron chi connectivity index (χ3n) is 5.96. The summed E-state index contributed by atoms with van der Waals surface area (Å²) in [6.45, 7) is 6.16. The van der Waals surface area contributed by atoms with Gasteiger partial charge < -0.3 is 15.3 Å². The van der Waals surface area contributed by atoms with Crippen LogP contribution in [-0.2, 0) is 14.4 Å². The van der Waals surface area contributed by atoms with Crippen LogP contribution < -0.4 is 0 Å². The molecule has 0 radical (unpaired) electrons. The summed E-state index contributed by atoms with van der Waals surface area (Å²) in [6.07, 6.45) is 13.6. The van der Waals surface area contributed by atoms with Crippen LogP contribution in [0.1, 0.15) is 78.6 Å². The van der Waals surface area contributed by atoms with Crippen molar-refractivity contribution in [2.45, 2.75) is 78.6 Å². The molecule has 3 N–H and O–H groups in total. The van der Waals surface area contributed by atoms with E-state index in [0.717, 1.165) is 57.8 Å². The van der Waals surface area contributed by atoms with Crippen LogP contribution in [0.25, 0.3) is 0 Å². The number of hydrogen-bond donors (Lipinski definition) is 3. The zero-order valence-corrected chi connectivity index (χ0v) is 18.4. The summed E-state index contributed by atoms with van der Waals surface area (Å²) in [5.41, 5.74) is 3.99. The van der Waals surface area contributed by atoms with Crippen LogP contribution in [0.3, 0.4) is 0 Å². The Bertz CT molecular complexity index is 605. The molecule has 0 saturated carbocycles. The number of carboxylic acid groups (broad SMARTS) is 3. The number of carboxylic acids is 3. The molecule has 0 saturated heterocycles.